The highest BCUT2D eigenvalue weighted by molar-refractivity contribution is 8.13. The minimum absolute atomic E-state index is 0.00246. The van der Waals surface area contributed by atoms with Gasteiger partial charge in [0.25, 0.3) is 0 Å². The largest absolute Gasteiger partial charge is 0.377 e. The molecule has 2 rings (SSSR count). The number of fused-ring (bicyclic) bond motifs is 2. The summed E-state index contributed by atoms with van der Waals surface area (Å²) in [5.74, 6) is 0.959. The molecule has 0 heterocycles. The van der Waals surface area contributed by atoms with Crippen LogP contribution in [0.1, 0.15) is 53.9 Å². The Kier molecular flexibility index (Phi) is 4.75. The summed E-state index contributed by atoms with van der Waals surface area (Å²) in [6, 6.07) is 0. The van der Waals surface area contributed by atoms with Gasteiger partial charge in [0, 0.05) is 10.7 Å². The van der Waals surface area contributed by atoms with Gasteiger partial charge in [-0.1, -0.05) is 34.6 Å². The van der Waals surface area contributed by atoms with E-state index in [1.165, 1.54) is 12.8 Å². The van der Waals surface area contributed by atoms with Crippen molar-refractivity contribution in [2.75, 3.05) is 12.4 Å². The number of ether oxygens (including phenoxy) is 1. The zero-order valence-electron chi connectivity index (χ0n) is 13.9. The lowest BCUT2D eigenvalue weighted by Gasteiger charge is -2.39. The number of rotatable bonds is 6. The summed E-state index contributed by atoms with van der Waals surface area (Å²) in [7, 11) is 1.95. The molecule has 4 atom stereocenters. The van der Waals surface area contributed by atoms with E-state index in [-0.39, 0.29) is 29.1 Å². The van der Waals surface area contributed by atoms with E-state index < -0.39 is 9.05 Å². The van der Waals surface area contributed by atoms with Gasteiger partial charge in [0.05, 0.1) is 18.5 Å². The first-order valence-corrected chi connectivity index (χ1v) is 10.5. The molecule has 0 saturated heterocycles. The minimum Gasteiger partial charge on any atom is -0.377 e. The minimum atomic E-state index is -3.47. The van der Waals surface area contributed by atoms with Gasteiger partial charge in [0.2, 0.25) is 9.05 Å². The van der Waals surface area contributed by atoms with Gasteiger partial charge in [-0.15, -0.1) is 0 Å². The molecule has 5 heteroatoms. The smallest absolute Gasteiger partial charge is 0.232 e. The summed E-state index contributed by atoms with van der Waals surface area (Å²) in [5, 5.41) is 0. The van der Waals surface area contributed by atoms with Crippen molar-refractivity contribution in [1.29, 1.82) is 0 Å². The molecule has 2 fully saturated rings. The fourth-order valence-electron chi connectivity index (χ4n) is 4.31. The molecular weight excluding hydrogens is 308 g/mol. The average Bonchev–Trinajstić information content (AvgIpc) is 2.65. The maximum Gasteiger partial charge on any atom is 0.232 e. The van der Waals surface area contributed by atoms with Gasteiger partial charge < -0.3 is 4.74 Å². The lowest BCUT2D eigenvalue weighted by atomic mass is 9.70. The van der Waals surface area contributed by atoms with Crippen LogP contribution in [0.2, 0.25) is 0 Å². The summed E-state index contributed by atoms with van der Waals surface area (Å²) < 4.78 is 28.9. The van der Waals surface area contributed by atoms with Crippen LogP contribution in [0.5, 0.6) is 0 Å². The third kappa shape index (κ3) is 3.28. The molecule has 21 heavy (non-hydrogen) atoms. The Balaban J connectivity index is 2.00. The van der Waals surface area contributed by atoms with Crippen molar-refractivity contribution in [3.63, 3.8) is 0 Å². The lowest BCUT2D eigenvalue weighted by molar-refractivity contribution is -0.0606. The van der Waals surface area contributed by atoms with Crippen molar-refractivity contribution in [1.82, 2.24) is 0 Å². The number of halogens is 1. The van der Waals surface area contributed by atoms with Gasteiger partial charge in [-0.05, 0) is 47.8 Å². The normalized spacial score (nSPS) is 36.3. The number of hydrogen-bond donors (Lipinski definition) is 0. The summed E-state index contributed by atoms with van der Waals surface area (Å²) in [6.07, 6.45) is 3.88. The Labute approximate surface area is 134 Å². The molecule has 0 aromatic heterocycles. The second-order valence-electron chi connectivity index (χ2n) is 8.14. The van der Waals surface area contributed by atoms with Crippen LogP contribution in [0.4, 0.5) is 0 Å². The molecule has 0 spiro atoms. The Morgan fingerprint density at radius 2 is 1.90 bits per heavy atom. The fourth-order valence-corrected chi connectivity index (χ4v) is 5.79. The maximum atomic E-state index is 11.3. The molecule has 3 nitrogen and oxygen atoms in total. The number of hydrogen-bond acceptors (Lipinski definition) is 3. The molecule has 0 aliphatic heterocycles. The van der Waals surface area contributed by atoms with Crippen LogP contribution >= 0.6 is 10.7 Å². The molecule has 0 radical (unpaired) electrons. The second-order valence-corrected chi connectivity index (χ2v) is 11.0. The van der Waals surface area contributed by atoms with Gasteiger partial charge in [0.15, 0.2) is 0 Å². The van der Waals surface area contributed by atoms with Crippen LogP contribution in [0, 0.1) is 28.6 Å². The van der Waals surface area contributed by atoms with Crippen molar-refractivity contribution in [3.8, 4) is 0 Å². The van der Waals surface area contributed by atoms with E-state index in [1.807, 2.05) is 13.8 Å². The van der Waals surface area contributed by atoms with Crippen molar-refractivity contribution in [2.24, 2.45) is 28.6 Å². The van der Waals surface area contributed by atoms with Gasteiger partial charge in [0.1, 0.15) is 0 Å². The van der Waals surface area contributed by atoms with Crippen molar-refractivity contribution in [2.45, 2.75) is 60.0 Å². The van der Waals surface area contributed by atoms with E-state index in [0.29, 0.717) is 12.0 Å². The zero-order valence-corrected chi connectivity index (χ0v) is 15.4. The maximum absolute atomic E-state index is 11.3. The Morgan fingerprint density at radius 1 is 1.29 bits per heavy atom. The molecule has 0 aromatic rings. The van der Waals surface area contributed by atoms with E-state index in [2.05, 4.69) is 20.8 Å². The molecule has 2 bridgehead atoms. The molecule has 2 saturated carbocycles. The highest BCUT2D eigenvalue weighted by Gasteiger charge is 2.61. The third-order valence-electron chi connectivity index (χ3n) is 6.58. The molecule has 4 unspecified atom stereocenters. The van der Waals surface area contributed by atoms with Gasteiger partial charge >= 0.3 is 0 Å². The van der Waals surface area contributed by atoms with Crippen LogP contribution < -0.4 is 0 Å². The first kappa shape index (κ1) is 17.6. The molecule has 124 valence electrons. The fraction of sp³-hybridized carbons (Fsp3) is 1.00. The van der Waals surface area contributed by atoms with E-state index in [1.54, 1.807) is 0 Å². The van der Waals surface area contributed by atoms with E-state index in [0.717, 1.165) is 12.3 Å². The first-order chi connectivity index (χ1) is 9.47. The summed E-state index contributed by atoms with van der Waals surface area (Å²) >= 11 is 0. The first-order valence-electron chi connectivity index (χ1n) is 8.01. The molecule has 0 aromatic carbocycles. The summed E-state index contributed by atoms with van der Waals surface area (Å²) in [6.45, 7) is 11.6. The topological polar surface area (TPSA) is 43.4 Å². The van der Waals surface area contributed by atoms with Crippen molar-refractivity contribution >= 4 is 19.7 Å². The Hall–Kier alpha value is 0.200. The van der Waals surface area contributed by atoms with Crippen LogP contribution in [-0.2, 0) is 13.8 Å². The quantitative estimate of drug-likeness (QED) is 0.687. The second kappa shape index (κ2) is 5.68. The van der Waals surface area contributed by atoms with Crippen molar-refractivity contribution in [3.05, 3.63) is 0 Å². The SMILES string of the molecule is CC(C)C(COC1CC2CCC1(C)C2(C)C)CS(=O)(=O)Cl. The van der Waals surface area contributed by atoms with Crippen LogP contribution in [0.15, 0.2) is 0 Å². The predicted molar refractivity (Wildman–Crippen MR) is 86.9 cm³/mol. The highest BCUT2D eigenvalue weighted by atomic mass is 35.7. The summed E-state index contributed by atoms with van der Waals surface area (Å²) in [5.41, 5.74) is 0.544. The molecule has 2 aliphatic rings. The lowest BCUT2D eigenvalue weighted by Crippen LogP contribution is -2.38. The van der Waals surface area contributed by atoms with Gasteiger partial charge in [-0.2, -0.15) is 0 Å². The van der Waals surface area contributed by atoms with E-state index in [9.17, 15) is 8.42 Å². The molecule has 0 N–H and O–H groups in total. The zero-order chi connectivity index (χ0) is 16.1. The monoisotopic (exact) mass is 336 g/mol. The Bertz CT molecular complexity index is 486. The van der Waals surface area contributed by atoms with Crippen LogP contribution in [0.25, 0.3) is 0 Å². The average molecular weight is 337 g/mol. The molecule has 2 aliphatic carbocycles. The van der Waals surface area contributed by atoms with E-state index in [4.69, 9.17) is 15.4 Å². The summed E-state index contributed by atoms with van der Waals surface area (Å²) in [4.78, 5) is 0. The molecular formula is C16H29ClO3S. The third-order valence-corrected chi connectivity index (χ3v) is 7.79. The standard InChI is InChI=1S/C16H29ClO3S/c1-11(2)12(10-21(17,18)19)9-20-14-8-13-6-7-16(14,5)15(13,3)4/h11-14H,6-10H2,1-5H3. The van der Waals surface area contributed by atoms with Crippen LogP contribution in [0.3, 0.4) is 0 Å². The van der Waals surface area contributed by atoms with E-state index >= 15 is 0 Å². The van der Waals surface area contributed by atoms with Gasteiger partial charge in [-0.25, -0.2) is 8.42 Å². The highest BCUT2D eigenvalue weighted by Crippen LogP contribution is 2.66. The Morgan fingerprint density at radius 3 is 2.29 bits per heavy atom. The van der Waals surface area contributed by atoms with Crippen LogP contribution in [-0.4, -0.2) is 26.9 Å². The van der Waals surface area contributed by atoms with Crippen molar-refractivity contribution < 1.29 is 13.2 Å². The predicted octanol–water partition coefficient (Wildman–Crippen LogP) is 4.06. The molecule has 0 amide bonds. The van der Waals surface area contributed by atoms with Gasteiger partial charge in [-0.3, -0.25) is 0 Å².